The molecule has 0 bridgehead atoms. The summed E-state index contributed by atoms with van der Waals surface area (Å²) in [6, 6.07) is 6.25. The monoisotopic (exact) mass is 309 g/mol. The van der Waals surface area contributed by atoms with Crippen LogP contribution in [0.2, 0.25) is 0 Å². The van der Waals surface area contributed by atoms with E-state index < -0.39 is 10.0 Å². The first-order valence-electron chi connectivity index (χ1n) is 5.60. The predicted octanol–water partition coefficient (Wildman–Crippen LogP) is 1.07. The van der Waals surface area contributed by atoms with Gasteiger partial charge in [-0.2, -0.15) is 0 Å². The van der Waals surface area contributed by atoms with Gasteiger partial charge in [-0.3, -0.25) is 4.72 Å². The maximum atomic E-state index is 12.1. The van der Waals surface area contributed by atoms with Crippen LogP contribution in [0.25, 0.3) is 0 Å². The molecule has 1 heterocycles. The molecule has 0 aliphatic rings. The van der Waals surface area contributed by atoms with E-state index in [0.29, 0.717) is 12.0 Å². The van der Waals surface area contributed by atoms with Crippen molar-refractivity contribution in [2.24, 2.45) is 0 Å². The number of aromatic nitrogens is 2. The molecule has 2 rings (SSSR count). The van der Waals surface area contributed by atoms with E-state index in [2.05, 4.69) is 26.8 Å². The third kappa shape index (κ3) is 3.77. The van der Waals surface area contributed by atoms with Crippen LogP contribution >= 0.6 is 11.3 Å². The molecule has 0 saturated heterocycles. The average Bonchev–Trinajstić information content (AvgIpc) is 2.92. The second-order valence-electron chi connectivity index (χ2n) is 3.65. The van der Waals surface area contributed by atoms with E-state index >= 15 is 0 Å². The van der Waals surface area contributed by atoms with Crippen molar-refractivity contribution in [3.8, 4) is 11.8 Å². The number of nitrogens with one attached hydrogen (secondary N) is 1. The molecule has 0 aliphatic heterocycles. The van der Waals surface area contributed by atoms with Crippen LogP contribution in [0, 0.1) is 11.8 Å². The van der Waals surface area contributed by atoms with Gasteiger partial charge in [-0.1, -0.05) is 29.2 Å². The fraction of sp³-hybridized carbons (Fsp3) is 0.167. The van der Waals surface area contributed by atoms with Crippen molar-refractivity contribution in [3.05, 3.63) is 35.3 Å². The third-order valence-electron chi connectivity index (χ3n) is 2.20. The van der Waals surface area contributed by atoms with E-state index in [4.69, 9.17) is 5.11 Å². The molecule has 0 amide bonds. The molecule has 6 nitrogen and oxygen atoms in total. The van der Waals surface area contributed by atoms with Crippen molar-refractivity contribution in [1.29, 1.82) is 0 Å². The Kier molecular flexibility index (Phi) is 4.68. The lowest BCUT2D eigenvalue weighted by Crippen LogP contribution is -2.12. The lowest BCUT2D eigenvalue weighted by atomic mass is 10.2. The van der Waals surface area contributed by atoms with Gasteiger partial charge in [0.15, 0.2) is 0 Å². The van der Waals surface area contributed by atoms with Crippen LogP contribution in [0.4, 0.5) is 5.13 Å². The van der Waals surface area contributed by atoms with Crippen LogP contribution in [0.3, 0.4) is 0 Å². The van der Waals surface area contributed by atoms with Gasteiger partial charge in [0.1, 0.15) is 5.51 Å². The van der Waals surface area contributed by atoms with Gasteiger partial charge < -0.3 is 5.11 Å². The van der Waals surface area contributed by atoms with E-state index in [9.17, 15) is 8.42 Å². The lowest BCUT2D eigenvalue weighted by Gasteiger charge is -2.04. The van der Waals surface area contributed by atoms with Crippen molar-refractivity contribution in [1.82, 2.24) is 10.2 Å². The maximum absolute atomic E-state index is 12.1. The molecule has 1 aromatic carbocycles. The van der Waals surface area contributed by atoms with E-state index in [-0.39, 0.29) is 16.6 Å². The topological polar surface area (TPSA) is 92.2 Å². The van der Waals surface area contributed by atoms with Gasteiger partial charge in [-0.15, -0.1) is 10.2 Å². The molecule has 0 spiro atoms. The van der Waals surface area contributed by atoms with Crippen LogP contribution in [0.5, 0.6) is 0 Å². The number of hydrogen-bond donors (Lipinski definition) is 2. The molecule has 2 aromatic rings. The number of aliphatic hydroxyl groups is 1. The van der Waals surface area contributed by atoms with Gasteiger partial charge in [0.05, 0.1) is 11.5 Å². The summed E-state index contributed by atoms with van der Waals surface area (Å²) < 4.78 is 26.6. The molecule has 8 heteroatoms. The van der Waals surface area contributed by atoms with Crippen molar-refractivity contribution in [2.75, 3.05) is 11.3 Å². The minimum absolute atomic E-state index is 0.0242. The number of rotatable bonds is 4. The molecule has 104 valence electrons. The van der Waals surface area contributed by atoms with E-state index in [1.54, 1.807) is 12.1 Å². The van der Waals surface area contributed by atoms with Crippen LogP contribution in [0.15, 0.2) is 34.7 Å². The highest BCUT2D eigenvalue weighted by atomic mass is 32.2. The van der Waals surface area contributed by atoms with Gasteiger partial charge in [-0.05, 0) is 18.2 Å². The van der Waals surface area contributed by atoms with Gasteiger partial charge in [0, 0.05) is 12.0 Å². The summed E-state index contributed by atoms with van der Waals surface area (Å²) >= 11 is 1.10. The number of benzene rings is 1. The Labute approximate surface area is 120 Å². The maximum Gasteiger partial charge on any atom is 0.263 e. The summed E-state index contributed by atoms with van der Waals surface area (Å²) in [6.07, 6.45) is 0.347. The number of anilines is 1. The van der Waals surface area contributed by atoms with E-state index in [1.165, 1.54) is 17.6 Å². The number of hydrogen-bond acceptors (Lipinski definition) is 6. The van der Waals surface area contributed by atoms with Crippen LogP contribution in [-0.2, 0) is 10.0 Å². The van der Waals surface area contributed by atoms with Crippen molar-refractivity contribution in [3.63, 3.8) is 0 Å². The smallest absolute Gasteiger partial charge is 0.263 e. The SMILES string of the molecule is O=S(=O)(Nc1nncs1)c1cccc(C#CCCO)c1. The molecule has 1 aromatic heterocycles. The van der Waals surface area contributed by atoms with Crippen LogP contribution in [0.1, 0.15) is 12.0 Å². The third-order valence-corrected chi connectivity index (χ3v) is 4.27. The fourth-order valence-electron chi connectivity index (χ4n) is 1.35. The molecule has 0 saturated carbocycles. The van der Waals surface area contributed by atoms with Crippen molar-refractivity contribution < 1.29 is 13.5 Å². The lowest BCUT2D eigenvalue weighted by molar-refractivity contribution is 0.305. The molecular weight excluding hydrogens is 298 g/mol. The summed E-state index contributed by atoms with van der Waals surface area (Å²) in [5.41, 5.74) is 2.01. The van der Waals surface area contributed by atoms with Gasteiger partial charge in [0.25, 0.3) is 10.0 Å². The number of aliphatic hydroxyl groups excluding tert-OH is 1. The Morgan fingerprint density at radius 3 is 2.95 bits per heavy atom. The Morgan fingerprint density at radius 1 is 1.40 bits per heavy atom. The zero-order valence-electron chi connectivity index (χ0n) is 10.3. The van der Waals surface area contributed by atoms with Crippen LogP contribution in [-0.4, -0.2) is 30.3 Å². The summed E-state index contributed by atoms with van der Waals surface area (Å²) in [7, 11) is -3.70. The molecular formula is C12H11N3O3S2. The van der Waals surface area contributed by atoms with Crippen LogP contribution < -0.4 is 4.72 Å². The molecule has 0 unspecified atom stereocenters. The Balaban J connectivity index is 2.24. The van der Waals surface area contributed by atoms with Gasteiger partial charge in [0.2, 0.25) is 5.13 Å². The molecule has 0 atom stereocenters. The Hall–Kier alpha value is -1.95. The van der Waals surface area contributed by atoms with Crippen molar-refractivity contribution >= 4 is 26.5 Å². The zero-order valence-corrected chi connectivity index (χ0v) is 11.9. The second kappa shape index (κ2) is 6.47. The fourth-order valence-corrected chi connectivity index (χ4v) is 3.09. The highest BCUT2D eigenvalue weighted by Crippen LogP contribution is 2.17. The quantitative estimate of drug-likeness (QED) is 0.824. The normalized spacial score (nSPS) is 10.7. The molecule has 0 fully saturated rings. The van der Waals surface area contributed by atoms with Gasteiger partial charge in [-0.25, -0.2) is 8.42 Å². The first kappa shape index (κ1) is 14.5. The number of sulfonamides is 1. The minimum atomic E-state index is -3.70. The van der Waals surface area contributed by atoms with Crippen molar-refractivity contribution in [2.45, 2.75) is 11.3 Å². The zero-order chi connectivity index (χ0) is 14.4. The minimum Gasteiger partial charge on any atom is -0.395 e. The summed E-state index contributed by atoms with van der Waals surface area (Å²) in [5.74, 6) is 5.53. The second-order valence-corrected chi connectivity index (χ2v) is 6.17. The standard InChI is InChI=1S/C12H11N3O3S2/c16-7-2-1-4-10-5-3-6-11(8-10)20(17,18)15-12-14-13-9-19-12/h3,5-6,8-9,16H,2,7H2,(H,14,15). The van der Waals surface area contributed by atoms with E-state index in [1.807, 2.05) is 0 Å². The summed E-state index contributed by atoms with van der Waals surface area (Å²) in [6.45, 7) is -0.0242. The van der Waals surface area contributed by atoms with E-state index in [0.717, 1.165) is 11.3 Å². The first-order valence-corrected chi connectivity index (χ1v) is 7.97. The first-order chi connectivity index (χ1) is 9.62. The Bertz CT molecular complexity index is 731. The summed E-state index contributed by atoms with van der Waals surface area (Å²) in [5, 5.41) is 16.1. The molecule has 2 N–H and O–H groups in total. The molecule has 0 radical (unpaired) electrons. The molecule has 20 heavy (non-hydrogen) atoms. The molecule has 0 aliphatic carbocycles. The predicted molar refractivity (Wildman–Crippen MR) is 75.7 cm³/mol. The average molecular weight is 309 g/mol. The largest absolute Gasteiger partial charge is 0.395 e. The highest BCUT2D eigenvalue weighted by molar-refractivity contribution is 7.93. The number of nitrogens with zero attached hydrogens (tertiary/aromatic N) is 2. The highest BCUT2D eigenvalue weighted by Gasteiger charge is 2.15. The summed E-state index contributed by atoms with van der Waals surface area (Å²) in [4.78, 5) is 0.100. The Morgan fingerprint density at radius 2 is 2.25 bits per heavy atom. The van der Waals surface area contributed by atoms with Gasteiger partial charge >= 0.3 is 0 Å².